The van der Waals surface area contributed by atoms with Crippen LogP contribution in [-0.2, 0) is 4.74 Å². The molecule has 20 heavy (non-hydrogen) atoms. The number of rotatable bonds is 5. The molecule has 0 amide bonds. The first kappa shape index (κ1) is 17.3. The van der Waals surface area contributed by atoms with Gasteiger partial charge in [0.1, 0.15) is 0 Å². The normalized spacial score (nSPS) is 24.4. The van der Waals surface area contributed by atoms with Crippen LogP contribution in [0.1, 0.15) is 13.3 Å². The van der Waals surface area contributed by atoms with Crippen LogP contribution in [-0.4, -0.2) is 42.3 Å². The van der Waals surface area contributed by atoms with Gasteiger partial charge in [-0.3, -0.25) is 0 Å². The van der Waals surface area contributed by atoms with E-state index < -0.39 is 55.7 Å². The third-order valence-electron chi connectivity index (χ3n) is 2.86. The first-order valence-electron chi connectivity index (χ1n) is 5.08. The van der Waals surface area contributed by atoms with Gasteiger partial charge in [0, 0.05) is 6.42 Å². The van der Waals surface area contributed by atoms with Gasteiger partial charge in [0.25, 0.3) is 5.67 Å². The molecule has 1 aliphatic rings. The predicted molar refractivity (Wildman–Crippen MR) is 44.8 cm³/mol. The van der Waals surface area contributed by atoms with Crippen molar-refractivity contribution in [2.24, 2.45) is 0 Å². The topological polar surface area (TPSA) is 12.5 Å². The Balaban J connectivity index is 3.16. The number of halogens is 10. The van der Waals surface area contributed by atoms with E-state index in [4.69, 9.17) is 0 Å². The van der Waals surface area contributed by atoms with Crippen molar-refractivity contribution in [1.82, 2.24) is 0 Å². The fourth-order valence-electron chi connectivity index (χ4n) is 1.30. The summed E-state index contributed by atoms with van der Waals surface area (Å²) in [5, 5.41) is 0. The van der Waals surface area contributed by atoms with Crippen LogP contribution >= 0.6 is 0 Å². The van der Waals surface area contributed by atoms with Crippen LogP contribution < -0.4 is 0 Å². The molecule has 0 saturated carbocycles. The maximum Gasteiger partial charge on any atom is 0.428 e. The molecule has 1 rings (SSSR count). The summed E-state index contributed by atoms with van der Waals surface area (Å²) in [7, 11) is 0. The third kappa shape index (κ3) is 2.44. The van der Waals surface area contributed by atoms with Gasteiger partial charge in [-0.15, -0.1) is 0 Å². The van der Waals surface area contributed by atoms with Crippen LogP contribution in [0.25, 0.3) is 0 Å². The second-order valence-corrected chi connectivity index (χ2v) is 4.51. The fourth-order valence-corrected chi connectivity index (χ4v) is 1.30. The van der Waals surface area contributed by atoms with E-state index >= 15 is 0 Å². The Hall–Kier alpha value is -0.740. The molecule has 1 heterocycles. The van der Waals surface area contributed by atoms with Gasteiger partial charge in [-0.05, 0) is 6.92 Å². The van der Waals surface area contributed by atoms with Crippen LogP contribution in [0.5, 0.6) is 0 Å². The fraction of sp³-hybridized carbons (Fsp3) is 1.00. The van der Waals surface area contributed by atoms with Gasteiger partial charge in [-0.2, -0.15) is 39.5 Å². The highest BCUT2D eigenvalue weighted by molar-refractivity contribution is 5.09. The number of alkyl halides is 10. The van der Waals surface area contributed by atoms with Crippen molar-refractivity contribution in [1.29, 1.82) is 0 Å². The van der Waals surface area contributed by atoms with E-state index in [-0.39, 0.29) is 0 Å². The second kappa shape index (κ2) is 4.38. The van der Waals surface area contributed by atoms with Gasteiger partial charge in [-0.1, -0.05) is 0 Å². The number of hydrogen-bond donors (Lipinski definition) is 0. The van der Waals surface area contributed by atoms with Crippen molar-refractivity contribution >= 4 is 0 Å². The maximum absolute atomic E-state index is 13.1. The van der Waals surface area contributed by atoms with Crippen molar-refractivity contribution in [3.63, 3.8) is 0 Å². The van der Waals surface area contributed by atoms with Gasteiger partial charge in [0.15, 0.2) is 0 Å². The Bertz CT molecular complexity index is 367. The second-order valence-electron chi connectivity index (χ2n) is 4.51. The lowest BCUT2D eigenvalue weighted by atomic mass is 9.88. The van der Waals surface area contributed by atoms with E-state index in [0.717, 1.165) is 0 Å². The molecule has 1 nitrogen and oxygen atoms in total. The number of hydrogen-bond acceptors (Lipinski definition) is 1. The molecular weight excluding hydrogens is 314 g/mol. The molecule has 1 saturated heterocycles. The molecular formula is C9H8F10O. The molecule has 0 aliphatic carbocycles. The van der Waals surface area contributed by atoms with E-state index in [1.807, 2.05) is 0 Å². The van der Waals surface area contributed by atoms with Crippen LogP contribution in [0.3, 0.4) is 0 Å². The Morgan fingerprint density at radius 1 is 0.850 bits per heavy atom. The molecule has 0 aromatic rings. The van der Waals surface area contributed by atoms with Gasteiger partial charge >= 0.3 is 23.9 Å². The molecule has 2 atom stereocenters. The molecule has 0 radical (unpaired) electrons. The zero-order chi connectivity index (χ0) is 16.2. The van der Waals surface area contributed by atoms with Crippen molar-refractivity contribution in [3.05, 3.63) is 0 Å². The summed E-state index contributed by atoms with van der Waals surface area (Å²) in [5.74, 6) is -18.8. The van der Waals surface area contributed by atoms with Crippen molar-refractivity contribution in [2.75, 3.05) is 6.61 Å². The van der Waals surface area contributed by atoms with Gasteiger partial charge in [0.2, 0.25) is 0 Å². The van der Waals surface area contributed by atoms with Gasteiger partial charge < -0.3 is 4.74 Å². The summed E-state index contributed by atoms with van der Waals surface area (Å²) in [6.07, 6.45) is -9.85. The molecule has 0 aromatic carbocycles. The van der Waals surface area contributed by atoms with Crippen LogP contribution in [0.2, 0.25) is 0 Å². The van der Waals surface area contributed by atoms with E-state index in [9.17, 15) is 43.9 Å². The van der Waals surface area contributed by atoms with Crippen molar-refractivity contribution < 1.29 is 48.6 Å². The van der Waals surface area contributed by atoms with E-state index in [1.54, 1.807) is 0 Å². The summed E-state index contributed by atoms with van der Waals surface area (Å²) < 4.78 is 132. The number of epoxide rings is 1. The lowest BCUT2D eigenvalue weighted by molar-refractivity contribution is -0.385. The quantitative estimate of drug-likeness (QED) is 0.551. The zero-order valence-electron chi connectivity index (χ0n) is 9.68. The van der Waals surface area contributed by atoms with Crippen LogP contribution in [0, 0.1) is 0 Å². The Morgan fingerprint density at radius 2 is 1.25 bits per heavy atom. The average molecular weight is 322 g/mol. The van der Waals surface area contributed by atoms with Crippen molar-refractivity contribution in [3.8, 4) is 0 Å². The molecule has 0 aromatic heterocycles. The molecule has 1 fully saturated rings. The Labute approximate surface area is 105 Å². The highest BCUT2D eigenvalue weighted by Crippen LogP contribution is 2.57. The smallest absolute Gasteiger partial charge is 0.373 e. The maximum atomic E-state index is 13.1. The molecule has 120 valence electrons. The highest BCUT2D eigenvalue weighted by atomic mass is 19.4. The largest absolute Gasteiger partial charge is 0.428 e. The minimum atomic E-state index is -6.66. The van der Waals surface area contributed by atoms with E-state index in [1.165, 1.54) is 0 Å². The Morgan fingerprint density at radius 3 is 1.55 bits per heavy atom. The van der Waals surface area contributed by atoms with E-state index in [0.29, 0.717) is 0 Å². The Kier molecular flexibility index (Phi) is 3.79. The summed E-state index contributed by atoms with van der Waals surface area (Å²) in [6, 6.07) is 0. The SMILES string of the molecule is CC(F)(C(F)(F)F)C(F)(F)C(F)(F)C(F)(F)CC1CO1. The summed E-state index contributed by atoms with van der Waals surface area (Å²) in [6.45, 7) is -1.33. The summed E-state index contributed by atoms with van der Waals surface area (Å²) in [4.78, 5) is 0. The lowest BCUT2D eigenvalue weighted by Crippen LogP contribution is -2.67. The standard InChI is InChI=1S/C9H8F10O/c1-5(10,9(17,18)19)7(13,14)8(15,16)6(11,12)2-4-3-20-4/h4H,2-3H2,1H3. The molecule has 11 heteroatoms. The zero-order valence-corrected chi connectivity index (χ0v) is 9.68. The summed E-state index contributed by atoms with van der Waals surface area (Å²) >= 11 is 0. The third-order valence-corrected chi connectivity index (χ3v) is 2.86. The van der Waals surface area contributed by atoms with Gasteiger partial charge in [-0.25, -0.2) is 4.39 Å². The number of ether oxygens (including phenoxy) is 1. The van der Waals surface area contributed by atoms with Crippen LogP contribution in [0.15, 0.2) is 0 Å². The first-order valence-corrected chi connectivity index (χ1v) is 5.08. The highest BCUT2D eigenvalue weighted by Gasteiger charge is 2.83. The van der Waals surface area contributed by atoms with Crippen LogP contribution in [0.4, 0.5) is 43.9 Å². The minimum absolute atomic E-state index is 0.413. The van der Waals surface area contributed by atoms with E-state index in [2.05, 4.69) is 4.74 Å². The summed E-state index contributed by atoms with van der Waals surface area (Å²) in [5.41, 5.74) is -5.82. The molecule has 0 N–H and O–H groups in total. The van der Waals surface area contributed by atoms with Gasteiger partial charge in [0.05, 0.1) is 12.7 Å². The van der Waals surface area contributed by atoms with Crippen molar-refractivity contribution in [2.45, 2.75) is 49.1 Å². The average Bonchev–Trinajstić information content (AvgIpc) is 2.98. The lowest BCUT2D eigenvalue weighted by Gasteiger charge is -2.39. The molecule has 2 unspecified atom stereocenters. The molecule has 0 spiro atoms. The monoisotopic (exact) mass is 322 g/mol. The molecule has 0 bridgehead atoms. The minimum Gasteiger partial charge on any atom is -0.373 e. The first-order chi connectivity index (χ1) is 8.58. The predicted octanol–water partition coefficient (Wildman–Crippen LogP) is 3.97. The molecule has 1 aliphatic heterocycles.